The van der Waals surface area contributed by atoms with Crippen LogP contribution in [0.5, 0.6) is 0 Å². The quantitative estimate of drug-likeness (QED) is 0.737. The lowest BCUT2D eigenvalue weighted by molar-refractivity contribution is 0.0946. The summed E-state index contributed by atoms with van der Waals surface area (Å²) in [5.41, 5.74) is 2.44. The number of aliphatic hydroxyl groups is 1. The molecule has 2 N–H and O–H groups in total. The molecular formula is C16H14ClFN4O2. The van der Waals surface area contributed by atoms with Gasteiger partial charge in [0.1, 0.15) is 11.4 Å². The summed E-state index contributed by atoms with van der Waals surface area (Å²) in [6.45, 7) is 0.0301. The number of amides is 1. The van der Waals surface area contributed by atoms with Gasteiger partial charge in [-0.2, -0.15) is 5.10 Å². The first kappa shape index (κ1) is 16.4. The topological polar surface area (TPSA) is 79.5 Å². The highest BCUT2D eigenvalue weighted by atomic mass is 35.5. The number of aromatic nitrogens is 3. The molecule has 0 fully saturated rings. The van der Waals surface area contributed by atoms with E-state index in [1.807, 2.05) is 0 Å². The van der Waals surface area contributed by atoms with Crippen molar-refractivity contribution in [1.29, 1.82) is 0 Å². The summed E-state index contributed by atoms with van der Waals surface area (Å²) in [7, 11) is 0. The average molecular weight is 349 g/mol. The summed E-state index contributed by atoms with van der Waals surface area (Å²) in [5, 5.41) is 15.5. The minimum absolute atomic E-state index is 0.0727. The second-order valence-corrected chi connectivity index (χ2v) is 5.60. The lowest BCUT2D eigenvalue weighted by Crippen LogP contribution is -2.26. The number of hydrogen-bond acceptors (Lipinski definition) is 4. The second-order valence-electron chi connectivity index (χ2n) is 5.19. The summed E-state index contributed by atoms with van der Waals surface area (Å²) in [4.78, 5) is 16.2. The molecule has 0 unspecified atom stereocenters. The molecule has 24 heavy (non-hydrogen) atoms. The fourth-order valence-corrected chi connectivity index (χ4v) is 2.52. The van der Waals surface area contributed by atoms with Gasteiger partial charge in [-0.1, -0.05) is 17.7 Å². The van der Waals surface area contributed by atoms with Crippen molar-refractivity contribution in [2.75, 3.05) is 13.2 Å². The van der Waals surface area contributed by atoms with Gasteiger partial charge in [0.2, 0.25) is 0 Å². The maximum Gasteiger partial charge on any atom is 0.256 e. The molecular weight excluding hydrogens is 335 g/mol. The van der Waals surface area contributed by atoms with Crippen LogP contribution in [0.3, 0.4) is 0 Å². The molecule has 0 aliphatic carbocycles. The zero-order valence-corrected chi connectivity index (χ0v) is 13.3. The number of nitrogens with one attached hydrogen (secondary N) is 1. The minimum atomic E-state index is -0.459. The molecule has 1 amide bonds. The molecule has 0 radical (unpaired) electrons. The van der Waals surface area contributed by atoms with Gasteiger partial charge < -0.3 is 10.4 Å². The van der Waals surface area contributed by atoms with Crippen LogP contribution in [0.15, 0.2) is 36.8 Å². The maximum atomic E-state index is 13.2. The van der Waals surface area contributed by atoms with E-state index in [9.17, 15) is 9.18 Å². The highest BCUT2D eigenvalue weighted by Gasteiger charge is 2.14. The summed E-state index contributed by atoms with van der Waals surface area (Å²) in [5.74, 6) is -0.802. The molecule has 1 aromatic carbocycles. The van der Waals surface area contributed by atoms with Gasteiger partial charge in [0.25, 0.3) is 5.91 Å². The molecule has 8 heteroatoms. The number of aliphatic hydroxyl groups excluding tert-OH is 1. The molecule has 6 nitrogen and oxygen atoms in total. The third-order valence-corrected chi connectivity index (χ3v) is 3.73. The van der Waals surface area contributed by atoms with Gasteiger partial charge in [0, 0.05) is 25.4 Å². The van der Waals surface area contributed by atoms with Gasteiger partial charge >= 0.3 is 0 Å². The Morgan fingerprint density at radius 3 is 2.92 bits per heavy atom. The molecule has 2 heterocycles. The molecule has 3 aromatic rings. The van der Waals surface area contributed by atoms with E-state index in [2.05, 4.69) is 15.4 Å². The smallest absolute Gasteiger partial charge is 0.256 e. The van der Waals surface area contributed by atoms with Crippen molar-refractivity contribution >= 4 is 23.2 Å². The number of fused-ring (bicyclic) bond motifs is 1. The van der Waals surface area contributed by atoms with Crippen LogP contribution in [0, 0.1) is 5.82 Å². The third-order valence-electron chi connectivity index (χ3n) is 3.44. The predicted molar refractivity (Wildman–Crippen MR) is 86.6 cm³/mol. The summed E-state index contributed by atoms with van der Waals surface area (Å²) in [6, 6.07) is 4.54. The van der Waals surface area contributed by atoms with Crippen LogP contribution >= 0.6 is 11.6 Å². The van der Waals surface area contributed by atoms with Crippen LogP contribution in [-0.4, -0.2) is 38.8 Å². The van der Waals surface area contributed by atoms with E-state index in [0.29, 0.717) is 17.6 Å². The molecule has 0 saturated heterocycles. The van der Waals surface area contributed by atoms with Crippen LogP contribution in [0.1, 0.15) is 21.5 Å². The Morgan fingerprint density at radius 1 is 1.33 bits per heavy atom. The van der Waals surface area contributed by atoms with Gasteiger partial charge in [-0.3, -0.25) is 4.79 Å². The molecule has 0 bridgehead atoms. The Bertz CT molecular complexity index is 897. The van der Waals surface area contributed by atoms with Crippen molar-refractivity contribution in [2.45, 2.75) is 6.42 Å². The lowest BCUT2D eigenvalue weighted by Gasteiger charge is -2.04. The van der Waals surface area contributed by atoms with Gasteiger partial charge in [0.15, 0.2) is 5.65 Å². The van der Waals surface area contributed by atoms with E-state index in [4.69, 9.17) is 16.7 Å². The number of carbonyl (C=O) groups is 1. The number of hydrogen-bond donors (Lipinski definition) is 2. The number of nitrogens with zero attached hydrogens (tertiary/aromatic N) is 3. The van der Waals surface area contributed by atoms with Gasteiger partial charge in [0.05, 0.1) is 17.8 Å². The largest absolute Gasteiger partial charge is 0.395 e. The molecule has 0 atom stereocenters. The van der Waals surface area contributed by atoms with E-state index in [-0.39, 0.29) is 24.1 Å². The van der Waals surface area contributed by atoms with Crippen LogP contribution in [0.2, 0.25) is 5.02 Å². The van der Waals surface area contributed by atoms with E-state index in [1.54, 1.807) is 24.5 Å². The van der Waals surface area contributed by atoms with Crippen molar-refractivity contribution < 1.29 is 14.3 Å². The van der Waals surface area contributed by atoms with Crippen LogP contribution < -0.4 is 5.32 Å². The summed E-state index contributed by atoms with van der Waals surface area (Å²) < 4.78 is 14.7. The van der Waals surface area contributed by atoms with E-state index < -0.39 is 5.82 Å². The SMILES string of the molecule is O=C(NCCO)c1cnn2cc(Cc3ccc(F)c(Cl)c3)cnc12. The summed E-state index contributed by atoms with van der Waals surface area (Å²) in [6.07, 6.45) is 5.32. The van der Waals surface area contributed by atoms with Crippen molar-refractivity contribution in [3.8, 4) is 0 Å². The Morgan fingerprint density at radius 2 is 2.17 bits per heavy atom. The molecule has 2 aromatic heterocycles. The first-order valence-corrected chi connectivity index (χ1v) is 7.61. The Balaban J connectivity index is 1.84. The monoisotopic (exact) mass is 348 g/mol. The average Bonchev–Trinajstić information content (AvgIpc) is 2.99. The van der Waals surface area contributed by atoms with E-state index in [0.717, 1.165) is 11.1 Å². The molecule has 0 aliphatic rings. The molecule has 0 saturated carbocycles. The fourth-order valence-electron chi connectivity index (χ4n) is 2.31. The van der Waals surface area contributed by atoms with Gasteiger partial charge in [-0.15, -0.1) is 0 Å². The zero-order chi connectivity index (χ0) is 17.1. The number of benzene rings is 1. The molecule has 0 aliphatic heterocycles. The van der Waals surface area contributed by atoms with E-state index in [1.165, 1.54) is 16.8 Å². The zero-order valence-electron chi connectivity index (χ0n) is 12.5. The van der Waals surface area contributed by atoms with Crippen LogP contribution in [-0.2, 0) is 6.42 Å². The Kier molecular flexibility index (Phi) is 4.73. The van der Waals surface area contributed by atoms with Crippen molar-refractivity contribution in [1.82, 2.24) is 19.9 Å². The number of rotatable bonds is 5. The lowest BCUT2D eigenvalue weighted by atomic mass is 10.1. The Labute approximate surface area is 141 Å². The number of halogens is 2. The normalized spacial score (nSPS) is 11.0. The van der Waals surface area contributed by atoms with Crippen LogP contribution in [0.25, 0.3) is 5.65 Å². The van der Waals surface area contributed by atoms with Crippen LogP contribution in [0.4, 0.5) is 4.39 Å². The molecule has 0 spiro atoms. The first-order chi connectivity index (χ1) is 11.6. The first-order valence-electron chi connectivity index (χ1n) is 7.23. The van der Waals surface area contributed by atoms with Gasteiger partial charge in [-0.05, 0) is 23.3 Å². The standard InChI is InChI=1S/C16H14ClFN4O2/c17-13-6-10(1-2-14(13)18)5-11-7-20-15-12(8-21-22(15)9-11)16(24)19-3-4-23/h1-2,6-9,23H,3-5H2,(H,19,24). The van der Waals surface area contributed by atoms with Crippen molar-refractivity contribution in [3.05, 3.63) is 64.3 Å². The molecule has 124 valence electrons. The highest BCUT2D eigenvalue weighted by Crippen LogP contribution is 2.18. The maximum absolute atomic E-state index is 13.2. The number of carbonyl (C=O) groups excluding carboxylic acids is 1. The third kappa shape index (κ3) is 3.37. The van der Waals surface area contributed by atoms with Crippen molar-refractivity contribution in [3.63, 3.8) is 0 Å². The Hall–Kier alpha value is -2.51. The highest BCUT2D eigenvalue weighted by molar-refractivity contribution is 6.30. The van der Waals surface area contributed by atoms with Crippen molar-refractivity contribution in [2.24, 2.45) is 0 Å². The second kappa shape index (κ2) is 6.94. The predicted octanol–water partition coefficient (Wildman–Crippen LogP) is 1.83. The minimum Gasteiger partial charge on any atom is -0.395 e. The molecule has 3 rings (SSSR count). The fraction of sp³-hybridized carbons (Fsp3) is 0.188. The summed E-state index contributed by atoms with van der Waals surface area (Å²) >= 11 is 5.78. The van der Waals surface area contributed by atoms with E-state index >= 15 is 0 Å². The van der Waals surface area contributed by atoms with Gasteiger partial charge in [-0.25, -0.2) is 13.9 Å².